The molecule has 26 heavy (non-hydrogen) atoms. The van der Waals surface area contributed by atoms with E-state index in [1.165, 1.54) is 21.3 Å². The van der Waals surface area contributed by atoms with Crippen LogP contribution in [0.4, 0.5) is 0 Å². The zero-order chi connectivity index (χ0) is 19.5. The minimum Gasteiger partial charge on any atom is -0.464 e. The molecule has 0 amide bonds. The zero-order valence-electron chi connectivity index (χ0n) is 16.0. The van der Waals surface area contributed by atoms with Crippen molar-refractivity contribution in [3.8, 4) is 0 Å². The Hall–Kier alpha value is -2.90. The highest BCUT2D eigenvalue weighted by molar-refractivity contribution is 6.43. The van der Waals surface area contributed by atoms with Gasteiger partial charge in [-0.3, -0.25) is 0 Å². The van der Waals surface area contributed by atoms with Crippen LogP contribution in [0.2, 0.25) is 0 Å². The minimum atomic E-state index is -0.603. The number of nitrogens with zero attached hydrogens (tertiary/aromatic N) is 3. The standard InChI is InChI=1S/C18H25N3O5/c1-12(2)16(20-24-5)13(3)19-26-11-14-9-7-8-10-15(14)17(21-25-6)18(22)23-4/h7-10,12H,11H2,1-6H3/b19-13+,20-16+,21-17+. The highest BCUT2D eigenvalue weighted by atomic mass is 16.6. The van der Waals surface area contributed by atoms with Crippen LogP contribution in [0.3, 0.4) is 0 Å². The number of carbonyl (C=O) groups excluding carboxylic acids is 1. The van der Waals surface area contributed by atoms with Crippen LogP contribution in [0.5, 0.6) is 0 Å². The molecular weight excluding hydrogens is 338 g/mol. The minimum absolute atomic E-state index is 0.0544. The maximum absolute atomic E-state index is 11.9. The van der Waals surface area contributed by atoms with E-state index in [-0.39, 0.29) is 18.2 Å². The van der Waals surface area contributed by atoms with Crippen LogP contribution in [0.1, 0.15) is 31.9 Å². The van der Waals surface area contributed by atoms with Crippen molar-refractivity contribution >= 4 is 23.1 Å². The SMILES string of the molecule is CO/N=C(/C(=O)OC)c1ccccc1CO/N=C(C)/C(=N/OC)C(C)C. The average Bonchev–Trinajstić information content (AvgIpc) is 2.63. The summed E-state index contributed by atoms with van der Waals surface area (Å²) in [4.78, 5) is 27.0. The molecule has 0 atom stereocenters. The molecule has 8 heteroatoms. The van der Waals surface area contributed by atoms with Gasteiger partial charge in [-0.15, -0.1) is 0 Å². The number of hydrogen-bond donors (Lipinski definition) is 0. The predicted octanol–water partition coefficient (Wildman–Crippen LogP) is 2.76. The Labute approximate surface area is 153 Å². The van der Waals surface area contributed by atoms with Crippen LogP contribution in [0.25, 0.3) is 0 Å². The van der Waals surface area contributed by atoms with Crippen LogP contribution in [0.15, 0.2) is 39.7 Å². The Morgan fingerprint density at radius 3 is 2.27 bits per heavy atom. The molecule has 0 N–H and O–H groups in total. The van der Waals surface area contributed by atoms with Crippen molar-refractivity contribution in [1.82, 2.24) is 0 Å². The van der Waals surface area contributed by atoms with E-state index in [2.05, 4.69) is 15.5 Å². The fourth-order valence-corrected chi connectivity index (χ4v) is 2.19. The van der Waals surface area contributed by atoms with Gasteiger partial charge in [-0.2, -0.15) is 0 Å². The topological polar surface area (TPSA) is 91.1 Å². The smallest absolute Gasteiger partial charge is 0.360 e. The summed E-state index contributed by atoms with van der Waals surface area (Å²) in [7, 11) is 4.12. The molecule has 1 rings (SSSR count). The third kappa shape index (κ3) is 5.87. The Bertz CT molecular complexity index is 696. The summed E-state index contributed by atoms with van der Waals surface area (Å²) in [6, 6.07) is 7.15. The van der Waals surface area contributed by atoms with E-state index in [0.717, 1.165) is 0 Å². The van der Waals surface area contributed by atoms with Gasteiger partial charge in [0.2, 0.25) is 0 Å². The molecule has 0 spiro atoms. The second-order valence-electron chi connectivity index (χ2n) is 5.54. The van der Waals surface area contributed by atoms with Crippen LogP contribution in [0, 0.1) is 5.92 Å². The van der Waals surface area contributed by atoms with Crippen LogP contribution < -0.4 is 0 Å². The monoisotopic (exact) mass is 363 g/mol. The molecule has 0 aliphatic carbocycles. The first-order valence-corrected chi connectivity index (χ1v) is 8.01. The summed E-state index contributed by atoms with van der Waals surface area (Å²) in [5, 5.41) is 11.8. The van der Waals surface area contributed by atoms with Crippen molar-refractivity contribution in [2.45, 2.75) is 27.4 Å². The molecule has 1 aromatic rings. The number of rotatable bonds is 9. The predicted molar refractivity (Wildman–Crippen MR) is 99.2 cm³/mol. The maximum Gasteiger partial charge on any atom is 0.360 e. The first-order valence-electron chi connectivity index (χ1n) is 8.01. The molecule has 0 unspecified atom stereocenters. The lowest BCUT2D eigenvalue weighted by molar-refractivity contribution is -0.132. The van der Waals surface area contributed by atoms with E-state index >= 15 is 0 Å². The molecule has 0 heterocycles. The van der Waals surface area contributed by atoms with E-state index in [4.69, 9.17) is 19.2 Å². The van der Waals surface area contributed by atoms with Gasteiger partial charge in [0, 0.05) is 17.0 Å². The molecule has 8 nitrogen and oxygen atoms in total. The number of oxime groups is 3. The van der Waals surface area contributed by atoms with Gasteiger partial charge in [-0.25, -0.2) is 4.79 Å². The lowest BCUT2D eigenvalue weighted by Crippen LogP contribution is -2.20. The highest BCUT2D eigenvalue weighted by Gasteiger charge is 2.19. The summed E-state index contributed by atoms with van der Waals surface area (Å²) >= 11 is 0. The van der Waals surface area contributed by atoms with Crippen molar-refractivity contribution in [3.63, 3.8) is 0 Å². The van der Waals surface area contributed by atoms with Crippen molar-refractivity contribution in [3.05, 3.63) is 35.4 Å². The highest BCUT2D eigenvalue weighted by Crippen LogP contribution is 2.13. The van der Waals surface area contributed by atoms with Gasteiger partial charge in [-0.1, -0.05) is 53.6 Å². The summed E-state index contributed by atoms with van der Waals surface area (Å²) in [5.41, 5.74) is 2.61. The number of carbonyl (C=O) groups is 1. The molecule has 142 valence electrons. The number of hydrogen-bond acceptors (Lipinski definition) is 8. The molecule has 0 saturated carbocycles. The number of esters is 1. The maximum atomic E-state index is 11.9. The first kappa shape index (κ1) is 21.1. The van der Waals surface area contributed by atoms with Gasteiger partial charge in [-0.05, 0) is 6.92 Å². The van der Waals surface area contributed by atoms with Gasteiger partial charge in [0.25, 0.3) is 0 Å². The summed E-state index contributed by atoms with van der Waals surface area (Å²) < 4.78 is 4.75. The number of methoxy groups -OCH3 is 1. The first-order chi connectivity index (χ1) is 12.5. The molecule has 0 aromatic heterocycles. The molecule has 0 saturated heterocycles. The quantitative estimate of drug-likeness (QED) is 0.382. The molecule has 0 radical (unpaired) electrons. The zero-order valence-corrected chi connectivity index (χ0v) is 16.0. The number of benzene rings is 1. The Kier molecular flexibility index (Phi) is 8.83. The van der Waals surface area contributed by atoms with E-state index in [1.54, 1.807) is 25.1 Å². The Balaban J connectivity index is 3.02. The van der Waals surface area contributed by atoms with Crippen LogP contribution in [-0.4, -0.2) is 44.4 Å². The Morgan fingerprint density at radius 1 is 1.04 bits per heavy atom. The third-order valence-corrected chi connectivity index (χ3v) is 3.36. The average molecular weight is 363 g/mol. The summed E-state index contributed by atoms with van der Waals surface area (Å²) in [5.74, 6) is -0.470. The summed E-state index contributed by atoms with van der Waals surface area (Å²) in [6.45, 7) is 5.88. The van der Waals surface area contributed by atoms with Crippen LogP contribution in [-0.2, 0) is 30.7 Å². The van der Waals surface area contributed by atoms with Gasteiger partial charge in [0.05, 0.1) is 7.11 Å². The van der Waals surface area contributed by atoms with Gasteiger partial charge in [0.15, 0.2) is 5.71 Å². The van der Waals surface area contributed by atoms with E-state index in [1.807, 2.05) is 19.9 Å². The number of ether oxygens (including phenoxy) is 1. The molecule has 0 aliphatic heterocycles. The molecule has 0 fully saturated rings. The molecule has 0 bridgehead atoms. The van der Waals surface area contributed by atoms with Gasteiger partial charge >= 0.3 is 5.97 Å². The lowest BCUT2D eigenvalue weighted by Gasteiger charge is -2.11. The van der Waals surface area contributed by atoms with E-state index in [9.17, 15) is 4.79 Å². The van der Waals surface area contributed by atoms with Gasteiger partial charge in [0.1, 0.15) is 32.2 Å². The van der Waals surface area contributed by atoms with Crippen molar-refractivity contribution in [2.24, 2.45) is 21.4 Å². The lowest BCUT2D eigenvalue weighted by atomic mass is 10.0. The molecule has 0 aliphatic rings. The van der Waals surface area contributed by atoms with Crippen molar-refractivity contribution in [1.29, 1.82) is 0 Å². The van der Waals surface area contributed by atoms with Crippen LogP contribution >= 0.6 is 0 Å². The fraction of sp³-hybridized carbons (Fsp3) is 0.444. The third-order valence-electron chi connectivity index (χ3n) is 3.36. The fourth-order valence-electron chi connectivity index (χ4n) is 2.19. The second-order valence-corrected chi connectivity index (χ2v) is 5.54. The van der Waals surface area contributed by atoms with Crippen molar-refractivity contribution in [2.75, 3.05) is 21.3 Å². The Morgan fingerprint density at radius 2 is 1.69 bits per heavy atom. The van der Waals surface area contributed by atoms with E-state index in [0.29, 0.717) is 22.6 Å². The van der Waals surface area contributed by atoms with Gasteiger partial charge < -0.3 is 19.2 Å². The van der Waals surface area contributed by atoms with E-state index < -0.39 is 5.97 Å². The normalized spacial score (nSPS) is 12.8. The second kappa shape index (κ2) is 10.9. The largest absolute Gasteiger partial charge is 0.464 e. The molecule has 1 aromatic carbocycles. The van der Waals surface area contributed by atoms with Crippen molar-refractivity contribution < 1.29 is 24.0 Å². The summed E-state index contributed by atoms with van der Waals surface area (Å²) in [6.07, 6.45) is 0. The molecular formula is C18H25N3O5.